The predicted octanol–water partition coefficient (Wildman–Crippen LogP) is 4.18. The van der Waals surface area contributed by atoms with Gasteiger partial charge in [0.05, 0.1) is 29.2 Å². The van der Waals surface area contributed by atoms with Crippen molar-refractivity contribution in [2.24, 2.45) is 0 Å². The Balaban J connectivity index is 2.31. The number of nitrogens with one attached hydrogen (secondary N) is 2. The number of anilines is 2. The van der Waals surface area contributed by atoms with Gasteiger partial charge in [-0.05, 0) is 19.1 Å². The van der Waals surface area contributed by atoms with Crippen molar-refractivity contribution in [1.29, 1.82) is 0 Å². The SMILES string of the molecule is CCC(=O)Nc1ccc(OC)cc1NC(=O)c1sc(C(C)C)nc1C. The van der Waals surface area contributed by atoms with Crippen LogP contribution < -0.4 is 15.4 Å². The van der Waals surface area contributed by atoms with Gasteiger partial charge in [0.15, 0.2) is 0 Å². The monoisotopic (exact) mass is 361 g/mol. The number of nitrogens with zero attached hydrogens (tertiary/aromatic N) is 1. The molecule has 2 aromatic rings. The molecule has 0 atom stereocenters. The average molecular weight is 361 g/mol. The highest BCUT2D eigenvalue weighted by Gasteiger charge is 2.18. The molecule has 0 aliphatic rings. The Kier molecular flexibility index (Phi) is 6.14. The highest BCUT2D eigenvalue weighted by molar-refractivity contribution is 7.14. The zero-order chi connectivity index (χ0) is 18.6. The minimum Gasteiger partial charge on any atom is -0.497 e. The molecule has 0 aliphatic carbocycles. The minimum atomic E-state index is -0.248. The molecular formula is C18H23N3O3S. The molecule has 0 unspecified atom stereocenters. The average Bonchev–Trinajstić information content (AvgIpc) is 2.98. The predicted molar refractivity (Wildman–Crippen MR) is 101 cm³/mol. The quantitative estimate of drug-likeness (QED) is 0.809. The first-order valence-electron chi connectivity index (χ1n) is 8.12. The van der Waals surface area contributed by atoms with Crippen molar-refractivity contribution in [3.05, 3.63) is 33.8 Å². The largest absolute Gasteiger partial charge is 0.497 e. The number of rotatable bonds is 6. The first-order chi connectivity index (χ1) is 11.8. The number of thiazole rings is 1. The lowest BCUT2D eigenvalue weighted by Crippen LogP contribution is -2.16. The van der Waals surface area contributed by atoms with E-state index in [2.05, 4.69) is 15.6 Å². The third-order valence-electron chi connectivity index (χ3n) is 3.58. The standard InChI is InChI=1S/C18H23N3O3S/c1-6-15(22)20-13-8-7-12(24-5)9-14(13)21-17(23)16-11(4)19-18(25-16)10(2)3/h7-10H,6H2,1-5H3,(H,20,22)(H,21,23). The molecule has 0 saturated heterocycles. The fraction of sp³-hybridized carbons (Fsp3) is 0.389. The van der Waals surface area contributed by atoms with Crippen molar-refractivity contribution in [1.82, 2.24) is 4.98 Å². The molecule has 2 amide bonds. The third kappa shape index (κ3) is 4.57. The summed E-state index contributed by atoms with van der Waals surface area (Å²) >= 11 is 1.39. The van der Waals surface area contributed by atoms with Gasteiger partial charge in [0.2, 0.25) is 5.91 Å². The molecule has 1 heterocycles. The molecular weight excluding hydrogens is 338 g/mol. The molecule has 6 nitrogen and oxygen atoms in total. The van der Waals surface area contributed by atoms with E-state index in [1.54, 1.807) is 32.2 Å². The van der Waals surface area contributed by atoms with Crippen LogP contribution in [-0.2, 0) is 4.79 Å². The molecule has 2 rings (SSSR count). The highest BCUT2D eigenvalue weighted by Crippen LogP contribution is 2.30. The van der Waals surface area contributed by atoms with Crippen LogP contribution in [0.25, 0.3) is 0 Å². The van der Waals surface area contributed by atoms with Crippen molar-refractivity contribution in [2.45, 2.75) is 40.0 Å². The van der Waals surface area contributed by atoms with E-state index in [1.165, 1.54) is 11.3 Å². The van der Waals surface area contributed by atoms with Crippen LogP contribution in [0.5, 0.6) is 5.75 Å². The van der Waals surface area contributed by atoms with E-state index < -0.39 is 0 Å². The van der Waals surface area contributed by atoms with Gasteiger partial charge >= 0.3 is 0 Å². The van der Waals surface area contributed by atoms with Crippen LogP contribution in [0.2, 0.25) is 0 Å². The van der Waals surface area contributed by atoms with Crippen LogP contribution in [0.3, 0.4) is 0 Å². The molecule has 134 valence electrons. The Hall–Kier alpha value is -2.41. The van der Waals surface area contributed by atoms with Gasteiger partial charge in [0, 0.05) is 18.4 Å². The van der Waals surface area contributed by atoms with Crippen LogP contribution in [0.1, 0.15) is 53.5 Å². The van der Waals surface area contributed by atoms with Gasteiger partial charge in [0.1, 0.15) is 10.6 Å². The Morgan fingerprint density at radius 2 is 1.96 bits per heavy atom. The summed E-state index contributed by atoms with van der Waals surface area (Å²) in [7, 11) is 1.55. The molecule has 7 heteroatoms. The number of aromatic nitrogens is 1. The van der Waals surface area contributed by atoms with Crippen molar-refractivity contribution >= 4 is 34.5 Å². The number of benzene rings is 1. The lowest BCUT2D eigenvalue weighted by Gasteiger charge is -2.13. The zero-order valence-corrected chi connectivity index (χ0v) is 15.9. The maximum absolute atomic E-state index is 12.7. The van der Waals surface area contributed by atoms with Gasteiger partial charge in [-0.2, -0.15) is 0 Å². The van der Waals surface area contributed by atoms with Crippen molar-refractivity contribution in [2.75, 3.05) is 17.7 Å². The Bertz CT molecular complexity index is 784. The maximum atomic E-state index is 12.7. The van der Waals surface area contributed by atoms with Crippen LogP contribution in [0.4, 0.5) is 11.4 Å². The number of aryl methyl sites for hydroxylation is 1. The Morgan fingerprint density at radius 3 is 2.52 bits per heavy atom. The number of amides is 2. The van der Waals surface area contributed by atoms with E-state index in [1.807, 2.05) is 20.8 Å². The molecule has 25 heavy (non-hydrogen) atoms. The van der Waals surface area contributed by atoms with Gasteiger partial charge in [0.25, 0.3) is 5.91 Å². The first-order valence-corrected chi connectivity index (χ1v) is 8.93. The second kappa shape index (κ2) is 8.11. The maximum Gasteiger partial charge on any atom is 0.267 e. The normalized spacial score (nSPS) is 10.6. The van der Waals surface area contributed by atoms with Crippen LogP contribution >= 0.6 is 11.3 Å². The third-order valence-corrected chi connectivity index (χ3v) is 5.04. The van der Waals surface area contributed by atoms with E-state index >= 15 is 0 Å². The molecule has 2 N–H and O–H groups in total. The molecule has 1 aromatic heterocycles. The summed E-state index contributed by atoms with van der Waals surface area (Å²) in [4.78, 5) is 29.4. The lowest BCUT2D eigenvalue weighted by molar-refractivity contribution is -0.115. The fourth-order valence-electron chi connectivity index (χ4n) is 2.16. The lowest BCUT2D eigenvalue weighted by atomic mass is 10.2. The Morgan fingerprint density at radius 1 is 1.24 bits per heavy atom. The number of hydrogen-bond acceptors (Lipinski definition) is 5. The van der Waals surface area contributed by atoms with Crippen LogP contribution in [0, 0.1) is 6.92 Å². The van der Waals surface area contributed by atoms with Gasteiger partial charge in [-0.15, -0.1) is 11.3 Å². The molecule has 1 aromatic carbocycles. The molecule has 0 bridgehead atoms. The van der Waals surface area contributed by atoms with Crippen molar-refractivity contribution < 1.29 is 14.3 Å². The van der Waals surface area contributed by atoms with E-state index in [-0.39, 0.29) is 17.7 Å². The van der Waals surface area contributed by atoms with Gasteiger partial charge < -0.3 is 15.4 Å². The second-order valence-corrected chi connectivity index (χ2v) is 6.92. The van der Waals surface area contributed by atoms with Crippen LogP contribution in [-0.4, -0.2) is 23.9 Å². The van der Waals surface area contributed by atoms with E-state index in [0.29, 0.717) is 34.1 Å². The van der Waals surface area contributed by atoms with Gasteiger partial charge in [-0.25, -0.2) is 4.98 Å². The number of methoxy groups -OCH3 is 1. The molecule has 0 aliphatic heterocycles. The Labute approximate surface area is 151 Å². The minimum absolute atomic E-state index is 0.128. The van der Waals surface area contributed by atoms with E-state index in [9.17, 15) is 9.59 Å². The first kappa shape index (κ1) is 18.9. The van der Waals surface area contributed by atoms with E-state index in [0.717, 1.165) is 5.01 Å². The van der Waals surface area contributed by atoms with Crippen LogP contribution in [0.15, 0.2) is 18.2 Å². The van der Waals surface area contributed by atoms with E-state index in [4.69, 9.17) is 4.74 Å². The zero-order valence-electron chi connectivity index (χ0n) is 15.1. The highest BCUT2D eigenvalue weighted by atomic mass is 32.1. The van der Waals surface area contributed by atoms with Gasteiger partial charge in [-0.1, -0.05) is 20.8 Å². The van der Waals surface area contributed by atoms with Crippen molar-refractivity contribution in [3.63, 3.8) is 0 Å². The fourth-order valence-corrected chi connectivity index (χ4v) is 3.12. The topological polar surface area (TPSA) is 80.3 Å². The number of hydrogen-bond donors (Lipinski definition) is 2. The number of ether oxygens (including phenoxy) is 1. The summed E-state index contributed by atoms with van der Waals surface area (Å²) in [6, 6.07) is 5.12. The summed E-state index contributed by atoms with van der Waals surface area (Å²) < 4.78 is 5.21. The summed E-state index contributed by atoms with van der Waals surface area (Å²) in [5, 5.41) is 6.57. The van der Waals surface area contributed by atoms with Crippen molar-refractivity contribution in [3.8, 4) is 5.75 Å². The summed E-state index contributed by atoms with van der Waals surface area (Å²) in [6.45, 7) is 7.68. The summed E-state index contributed by atoms with van der Waals surface area (Å²) in [5.41, 5.74) is 1.73. The molecule has 0 fully saturated rings. The number of carbonyl (C=O) groups is 2. The molecule has 0 spiro atoms. The summed E-state index contributed by atoms with van der Waals surface area (Å²) in [6.07, 6.45) is 0.352. The molecule has 0 radical (unpaired) electrons. The second-order valence-electron chi connectivity index (χ2n) is 5.89. The number of carbonyl (C=O) groups excluding carboxylic acids is 2. The van der Waals surface area contributed by atoms with Gasteiger partial charge in [-0.3, -0.25) is 9.59 Å². The summed E-state index contributed by atoms with van der Waals surface area (Å²) in [5.74, 6) is 0.481. The molecule has 0 saturated carbocycles. The smallest absolute Gasteiger partial charge is 0.267 e.